The van der Waals surface area contributed by atoms with Gasteiger partial charge < -0.3 is 4.74 Å². The zero-order chi connectivity index (χ0) is 19.7. The minimum Gasteiger partial charge on any atom is -0.319 e. The van der Waals surface area contributed by atoms with Crippen molar-refractivity contribution in [3.8, 4) is 0 Å². The van der Waals surface area contributed by atoms with Gasteiger partial charge in [0.25, 0.3) is 5.91 Å². The van der Waals surface area contributed by atoms with E-state index in [0.717, 1.165) is 38.8 Å². The molecule has 4 N–H and O–H groups in total. The highest BCUT2D eigenvalue weighted by Crippen LogP contribution is 2.31. The lowest BCUT2D eigenvalue weighted by atomic mass is 9.85. The lowest BCUT2D eigenvalue weighted by Crippen LogP contribution is -2.65. The van der Waals surface area contributed by atoms with Crippen LogP contribution in [0.3, 0.4) is 0 Å². The van der Waals surface area contributed by atoms with Gasteiger partial charge in [0.1, 0.15) is 5.38 Å². The van der Waals surface area contributed by atoms with E-state index in [2.05, 4.69) is 31.7 Å². The Kier molecular flexibility index (Phi) is 6.66. The maximum atomic E-state index is 12.7. The van der Waals surface area contributed by atoms with Gasteiger partial charge in [0.05, 0.1) is 12.1 Å². The van der Waals surface area contributed by atoms with E-state index < -0.39 is 12.0 Å². The van der Waals surface area contributed by atoms with Gasteiger partial charge in [-0.25, -0.2) is 15.9 Å². The van der Waals surface area contributed by atoms with E-state index in [1.165, 1.54) is 0 Å². The lowest BCUT2D eigenvalue weighted by Gasteiger charge is -2.43. The standard InChI is InChI=1S/C17H29ClF2N6O2/c18-15-13(7-21-23-16(15)27)25-6-5-12-11(9-25)22-24-26(12)8-10-3-1-2-4-14(10)28-17(19)20/h10-15,17,21-22,24H,1-9H2,(H,23,27). The molecule has 0 spiro atoms. The molecular formula is C17H29ClF2N6O2. The first-order valence-corrected chi connectivity index (χ1v) is 10.6. The first kappa shape index (κ1) is 20.6. The molecule has 0 bridgehead atoms. The average molecular weight is 423 g/mol. The highest BCUT2D eigenvalue weighted by molar-refractivity contribution is 6.31. The van der Waals surface area contributed by atoms with Crippen molar-refractivity contribution in [3.63, 3.8) is 0 Å². The molecule has 0 aromatic rings. The third kappa shape index (κ3) is 4.43. The number of nitrogens with zero attached hydrogens (tertiary/aromatic N) is 2. The summed E-state index contributed by atoms with van der Waals surface area (Å²) in [6.07, 6.45) is 4.16. The fraction of sp³-hybridized carbons (Fsp3) is 0.941. The summed E-state index contributed by atoms with van der Waals surface area (Å²) in [5.41, 5.74) is 12.1. The molecule has 4 fully saturated rings. The maximum Gasteiger partial charge on any atom is 0.345 e. The number of alkyl halides is 3. The quantitative estimate of drug-likeness (QED) is 0.470. The van der Waals surface area contributed by atoms with Crippen molar-refractivity contribution >= 4 is 17.5 Å². The van der Waals surface area contributed by atoms with E-state index in [-0.39, 0.29) is 36.1 Å². The first-order chi connectivity index (χ1) is 13.5. The van der Waals surface area contributed by atoms with E-state index >= 15 is 0 Å². The number of rotatable bonds is 5. The number of likely N-dealkylation sites (tertiary alicyclic amines) is 1. The van der Waals surface area contributed by atoms with Gasteiger partial charge in [-0.05, 0) is 25.2 Å². The van der Waals surface area contributed by atoms with E-state index in [9.17, 15) is 13.6 Å². The van der Waals surface area contributed by atoms with Crippen molar-refractivity contribution in [3.05, 3.63) is 0 Å². The Labute approximate surface area is 168 Å². The SMILES string of the molecule is O=C1NNCC(N2CCC3C(C2)NNN3CC2CCCCC2OC(F)F)C1Cl. The molecule has 3 saturated heterocycles. The van der Waals surface area contributed by atoms with Crippen LogP contribution >= 0.6 is 11.6 Å². The van der Waals surface area contributed by atoms with E-state index in [1.807, 2.05) is 0 Å². The minimum absolute atomic E-state index is 0.0469. The normalized spacial score (nSPS) is 40.5. The molecule has 8 nitrogen and oxygen atoms in total. The third-order valence-electron chi connectivity index (χ3n) is 6.53. The summed E-state index contributed by atoms with van der Waals surface area (Å²) >= 11 is 6.31. The van der Waals surface area contributed by atoms with Crippen LogP contribution in [0.4, 0.5) is 8.78 Å². The van der Waals surface area contributed by atoms with Crippen molar-refractivity contribution < 1.29 is 18.3 Å². The second-order valence-corrected chi connectivity index (χ2v) is 8.66. The van der Waals surface area contributed by atoms with Crippen LogP contribution in [0.2, 0.25) is 0 Å². The van der Waals surface area contributed by atoms with Gasteiger partial charge in [-0.3, -0.25) is 15.1 Å². The van der Waals surface area contributed by atoms with Crippen LogP contribution in [0.25, 0.3) is 0 Å². The molecule has 1 amide bonds. The molecule has 4 aliphatic rings. The van der Waals surface area contributed by atoms with Crippen molar-refractivity contribution in [2.45, 2.75) is 68.3 Å². The average Bonchev–Trinajstić information content (AvgIpc) is 3.07. The Morgan fingerprint density at radius 1 is 1.21 bits per heavy atom. The van der Waals surface area contributed by atoms with Crippen LogP contribution in [0, 0.1) is 5.92 Å². The number of carbonyl (C=O) groups is 1. The molecule has 0 aromatic carbocycles. The Morgan fingerprint density at radius 3 is 2.86 bits per heavy atom. The van der Waals surface area contributed by atoms with E-state index in [0.29, 0.717) is 19.5 Å². The zero-order valence-electron chi connectivity index (χ0n) is 15.8. The number of nitrogens with one attached hydrogen (secondary N) is 4. The molecule has 3 heterocycles. The van der Waals surface area contributed by atoms with Gasteiger partial charge in [0.2, 0.25) is 0 Å². The second-order valence-electron chi connectivity index (χ2n) is 8.18. The number of hydrogen-bond donors (Lipinski definition) is 4. The zero-order valence-corrected chi connectivity index (χ0v) is 16.5. The number of amides is 1. The second kappa shape index (κ2) is 9.03. The van der Waals surface area contributed by atoms with Crippen LogP contribution < -0.4 is 21.8 Å². The number of halogens is 3. The summed E-state index contributed by atoms with van der Waals surface area (Å²) in [6.45, 7) is 0.209. The predicted molar refractivity (Wildman–Crippen MR) is 99.2 cm³/mol. The molecular weight excluding hydrogens is 394 g/mol. The topological polar surface area (TPSA) is 80.9 Å². The van der Waals surface area contributed by atoms with Crippen LogP contribution in [-0.2, 0) is 9.53 Å². The Bertz CT molecular complexity index is 562. The van der Waals surface area contributed by atoms with E-state index in [1.54, 1.807) is 0 Å². The summed E-state index contributed by atoms with van der Waals surface area (Å²) in [6, 6.07) is 0.430. The van der Waals surface area contributed by atoms with Crippen LogP contribution in [0.15, 0.2) is 0 Å². The number of hydrazine groups is 3. The summed E-state index contributed by atoms with van der Waals surface area (Å²) < 4.78 is 30.4. The Morgan fingerprint density at radius 2 is 2.04 bits per heavy atom. The minimum atomic E-state index is -2.71. The molecule has 3 aliphatic heterocycles. The molecule has 4 rings (SSSR count). The molecule has 0 radical (unpaired) electrons. The van der Waals surface area contributed by atoms with Crippen LogP contribution in [-0.4, -0.2) is 78.2 Å². The van der Waals surface area contributed by atoms with Crippen LogP contribution in [0.5, 0.6) is 0 Å². The van der Waals surface area contributed by atoms with Crippen molar-refractivity contribution in [1.29, 1.82) is 0 Å². The molecule has 0 aromatic heterocycles. The highest BCUT2D eigenvalue weighted by atomic mass is 35.5. The lowest BCUT2D eigenvalue weighted by molar-refractivity contribution is -0.186. The fourth-order valence-corrected chi connectivity index (χ4v) is 5.36. The number of carbonyl (C=O) groups excluding carboxylic acids is 1. The van der Waals surface area contributed by atoms with E-state index in [4.69, 9.17) is 16.3 Å². The largest absolute Gasteiger partial charge is 0.345 e. The van der Waals surface area contributed by atoms with Gasteiger partial charge in [-0.2, -0.15) is 14.3 Å². The Balaban J connectivity index is 1.33. The van der Waals surface area contributed by atoms with Gasteiger partial charge in [0, 0.05) is 38.3 Å². The number of fused-ring (bicyclic) bond motifs is 1. The van der Waals surface area contributed by atoms with Crippen molar-refractivity contribution in [1.82, 2.24) is 31.7 Å². The first-order valence-electron chi connectivity index (χ1n) is 10.1. The van der Waals surface area contributed by atoms with Gasteiger partial charge >= 0.3 is 6.61 Å². The maximum absolute atomic E-state index is 12.7. The van der Waals surface area contributed by atoms with Crippen molar-refractivity contribution in [2.75, 3.05) is 26.2 Å². The summed E-state index contributed by atoms with van der Waals surface area (Å²) in [5.74, 6) is -0.0890. The monoisotopic (exact) mass is 422 g/mol. The fourth-order valence-electron chi connectivity index (χ4n) is 5.06. The Hall–Kier alpha value is -0.620. The number of ether oxygens (including phenoxy) is 1. The third-order valence-corrected chi connectivity index (χ3v) is 7.02. The summed E-state index contributed by atoms with van der Waals surface area (Å²) in [5, 5.41) is 1.59. The highest BCUT2D eigenvalue weighted by Gasteiger charge is 2.44. The smallest absolute Gasteiger partial charge is 0.319 e. The number of piperidine rings is 1. The molecule has 6 unspecified atom stereocenters. The van der Waals surface area contributed by atoms with Gasteiger partial charge in [-0.1, -0.05) is 12.8 Å². The molecule has 6 atom stereocenters. The van der Waals surface area contributed by atoms with Gasteiger partial charge in [0.15, 0.2) is 0 Å². The van der Waals surface area contributed by atoms with Gasteiger partial charge in [-0.15, -0.1) is 11.6 Å². The molecule has 11 heteroatoms. The summed E-state index contributed by atoms with van der Waals surface area (Å²) in [7, 11) is 0. The predicted octanol–water partition coefficient (Wildman–Crippen LogP) is 0.163. The molecule has 1 aliphatic carbocycles. The molecule has 28 heavy (non-hydrogen) atoms. The van der Waals surface area contributed by atoms with Crippen LogP contribution in [0.1, 0.15) is 32.1 Å². The number of hydrogen-bond acceptors (Lipinski definition) is 7. The molecule has 1 saturated carbocycles. The summed E-state index contributed by atoms with van der Waals surface area (Å²) in [4.78, 5) is 14.1. The van der Waals surface area contributed by atoms with Crippen molar-refractivity contribution in [2.24, 2.45) is 5.92 Å². The molecule has 160 valence electrons.